The lowest BCUT2D eigenvalue weighted by Crippen LogP contribution is -2.24. The summed E-state index contributed by atoms with van der Waals surface area (Å²) in [5.41, 5.74) is 4.01. The Kier molecular flexibility index (Phi) is 5.37. The van der Waals surface area contributed by atoms with Gasteiger partial charge in [-0.3, -0.25) is 9.78 Å². The number of pyridine rings is 1. The van der Waals surface area contributed by atoms with Crippen molar-refractivity contribution in [2.75, 3.05) is 0 Å². The fourth-order valence-electron chi connectivity index (χ4n) is 2.58. The van der Waals surface area contributed by atoms with Gasteiger partial charge in [0.25, 0.3) is 0 Å². The minimum atomic E-state index is -0.111. The molecule has 0 saturated carbocycles. The van der Waals surface area contributed by atoms with Gasteiger partial charge in [0.05, 0.1) is 11.7 Å². The molecule has 0 fully saturated rings. The van der Waals surface area contributed by atoms with E-state index in [2.05, 4.69) is 16.4 Å². The van der Waals surface area contributed by atoms with E-state index in [1.807, 2.05) is 79.7 Å². The van der Waals surface area contributed by atoms with Crippen LogP contribution < -0.4 is 5.32 Å². The SMILES string of the molecule is C[C@H](NC(=O)C=Cc1ccccc1)c1cccc(-c2ccccn2)c1. The highest BCUT2D eigenvalue weighted by molar-refractivity contribution is 5.92. The molecule has 1 atom stereocenters. The van der Waals surface area contributed by atoms with Crippen LogP contribution in [-0.4, -0.2) is 10.9 Å². The first-order chi connectivity index (χ1) is 12.2. The molecule has 0 unspecified atom stereocenters. The summed E-state index contributed by atoms with van der Waals surface area (Å²) >= 11 is 0. The molecule has 0 spiro atoms. The topological polar surface area (TPSA) is 42.0 Å². The zero-order valence-corrected chi connectivity index (χ0v) is 14.1. The van der Waals surface area contributed by atoms with Crippen LogP contribution in [-0.2, 0) is 4.79 Å². The van der Waals surface area contributed by atoms with Gasteiger partial charge in [0.2, 0.25) is 5.91 Å². The molecule has 0 aliphatic heterocycles. The van der Waals surface area contributed by atoms with Crippen molar-refractivity contribution in [1.82, 2.24) is 10.3 Å². The van der Waals surface area contributed by atoms with Gasteiger partial charge in [-0.15, -0.1) is 0 Å². The fraction of sp³-hybridized carbons (Fsp3) is 0.0909. The largest absolute Gasteiger partial charge is 0.346 e. The Morgan fingerprint density at radius 3 is 2.56 bits per heavy atom. The van der Waals surface area contributed by atoms with E-state index in [9.17, 15) is 4.79 Å². The highest BCUT2D eigenvalue weighted by Gasteiger charge is 2.09. The normalized spacial score (nSPS) is 12.0. The van der Waals surface area contributed by atoms with Crippen LogP contribution in [0, 0.1) is 0 Å². The van der Waals surface area contributed by atoms with Crippen LogP contribution in [0.4, 0.5) is 0 Å². The Labute approximate surface area is 148 Å². The van der Waals surface area contributed by atoms with Crippen molar-refractivity contribution >= 4 is 12.0 Å². The van der Waals surface area contributed by atoms with Crippen LogP contribution in [0.25, 0.3) is 17.3 Å². The second-order valence-electron chi connectivity index (χ2n) is 5.81. The summed E-state index contributed by atoms with van der Waals surface area (Å²) in [5.74, 6) is -0.111. The second kappa shape index (κ2) is 8.06. The number of hydrogen-bond donors (Lipinski definition) is 1. The Bertz CT molecular complexity index is 857. The first kappa shape index (κ1) is 16.7. The molecule has 3 heteroatoms. The standard InChI is InChI=1S/C22H20N2O/c1-17(24-22(25)14-13-18-8-3-2-4-9-18)19-10-7-11-20(16-19)21-12-5-6-15-23-21/h2-17H,1H3,(H,24,25)/t17-/m0/s1. The lowest BCUT2D eigenvalue weighted by atomic mass is 10.0. The van der Waals surface area contributed by atoms with E-state index in [1.54, 1.807) is 12.3 Å². The Hall–Kier alpha value is -3.20. The lowest BCUT2D eigenvalue weighted by Gasteiger charge is -2.14. The van der Waals surface area contributed by atoms with Gasteiger partial charge in [0.15, 0.2) is 0 Å². The van der Waals surface area contributed by atoms with Crippen molar-refractivity contribution in [3.8, 4) is 11.3 Å². The minimum Gasteiger partial charge on any atom is -0.346 e. The monoisotopic (exact) mass is 328 g/mol. The number of amides is 1. The summed E-state index contributed by atoms with van der Waals surface area (Å²) in [6, 6.07) is 23.6. The smallest absolute Gasteiger partial charge is 0.244 e. The molecular formula is C22H20N2O. The van der Waals surface area contributed by atoms with E-state index in [1.165, 1.54) is 0 Å². The Balaban J connectivity index is 1.68. The zero-order chi connectivity index (χ0) is 17.5. The van der Waals surface area contributed by atoms with Crippen LogP contribution in [0.2, 0.25) is 0 Å². The molecule has 0 saturated heterocycles. The van der Waals surface area contributed by atoms with Crippen molar-refractivity contribution in [3.63, 3.8) is 0 Å². The van der Waals surface area contributed by atoms with Crippen molar-refractivity contribution in [1.29, 1.82) is 0 Å². The van der Waals surface area contributed by atoms with E-state index < -0.39 is 0 Å². The summed E-state index contributed by atoms with van der Waals surface area (Å²) in [6.07, 6.45) is 5.16. The molecule has 124 valence electrons. The number of carbonyl (C=O) groups excluding carboxylic acids is 1. The van der Waals surface area contributed by atoms with Crippen molar-refractivity contribution in [2.45, 2.75) is 13.0 Å². The number of nitrogens with zero attached hydrogens (tertiary/aromatic N) is 1. The van der Waals surface area contributed by atoms with Gasteiger partial charge in [-0.2, -0.15) is 0 Å². The van der Waals surface area contributed by atoms with Crippen molar-refractivity contribution in [2.24, 2.45) is 0 Å². The van der Waals surface area contributed by atoms with E-state index >= 15 is 0 Å². The number of hydrogen-bond acceptors (Lipinski definition) is 2. The number of benzene rings is 2. The zero-order valence-electron chi connectivity index (χ0n) is 14.1. The van der Waals surface area contributed by atoms with Gasteiger partial charge < -0.3 is 5.32 Å². The molecule has 25 heavy (non-hydrogen) atoms. The van der Waals surface area contributed by atoms with E-state index in [-0.39, 0.29) is 11.9 Å². The van der Waals surface area contributed by atoms with Crippen molar-refractivity contribution in [3.05, 3.63) is 96.2 Å². The van der Waals surface area contributed by atoms with Crippen LogP contribution in [0.3, 0.4) is 0 Å². The molecule has 2 aromatic carbocycles. The molecule has 1 amide bonds. The van der Waals surface area contributed by atoms with Gasteiger partial charge in [0.1, 0.15) is 0 Å². The molecule has 0 aliphatic rings. The van der Waals surface area contributed by atoms with E-state index in [0.717, 1.165) is 22.4 Å². The molecule has 1 N–H and O–H groups in total. The summed E-state index contributed by atoms with van der Waals surface area (Å²) in [7, 11) is 0. The highest BCUT2D eigenvalue weighted by Crippen LogP contribution is 2.21. The number of carbonyl (C=O) groups is 1. The third-order valence-corrected chi connectivity index (χ3v) is 3.93. The average Bonchev–Trinajstić information content (AvgIpc) is 2.68. The lowest BCUT2D eigenvalue weighted by molar-refractivity contribution is -0.117. The van der Waals surface area contributed by atoms with Crippen LogP contribution >= 0.6 is 0 Å². The summed E-state index contributed by atoms with van der Waals surface area (Å²) in [6.45, 7) is 1.98. The summed E-state index contributed by atoms with van der Waals surface area (Å²) < 4.78 is 0. The molecule has 0 aliphatic carbocycles. The Morgan fingerprint density at radius 2 is 1.80 bits per heavy atom. The fourth-order valence-corrected chi connectivity index (χ4v) is 2.58. The van der Waals surface area contributed by atoms with Crippen LogP contribution in [0.15, 0.2) is 85.1 Å². The Morgan fingerprint density at radius 1 is 1.00 bits per heavy atom. The number of nitrogens with one attached hydrogen (secondary N) is 1. The molecule has 0 bridgehead atoms. The number of aromatic nitrogens is 1. The first-order valence-corrected chi connectivity index (χ1v) is 8.27. The third kappa shape index (κ3) is 4.64. The van der Waals surface area contributed by atoms with Crippen molar-refractivity contribution < 1.29 is 4.79 Å². The van der Waals surface area contributed by atoms with Crippen LogP contribution in [0.1, 0.15) is 24.1 Å². The minimum absolute atomic E-state index is 0.0865. The maximum atomic E-state index is 12.1. The molecule has 3 aromatic rings. The predicted octanol–water partition coefficient (Wildman–Crippen LogP) is 4.64. The first-order valence-electron chi connectivity index (χ1n) is 8.27. The van der Waals surface area contributed by atoms with Gasteiger partial charge in [0, 0.05) is 17.8 Å². The summed E-state index contributed by atoms with van der Waals surface area (Å²) in [5, 5.41) is 3.00. The highest BCUT2D eigenvalue weighted by atomic mass is 16.1. The van der Waals surface area contributed by atoms with Gasteiger partial charge in [-0.25, -0.2) is 0 Å². The van der Waals surface area contributed by atoms with Gasteiger partial charge in [-0.1, -0.05) is 54.6 Å². The van der Waals surface area contributed by atoms with Gasteiger partial charge in [-0.05, 0) is 42.3 Å². The van der Waals surface area contributed by atoms with E-state index in [4.69, 9.17) is 0 Å². The molecule has 3 rings (SSSR count). The van der Waals surface area contributed by atoms with Gasteiger partial charge >= 0.3 is 0 Å². The predicted molar refractivity (Wildman–Crippen MR) is 102 cm³/mol. The average molecular weight is 328 g/mol. The molecule has 1 aromatic heterocycles. The summed E-state index contributed by atoms with van der Waals surface area (Å²) in [4.78, 5) is 16.5. The quantitative estimate of drug-likeness (QED) is 0.693. The second-order valence-corrected chi connectivity index (χ2v) is 5.81. The van der Waals surface area contributed by atoms with E-state index in [0.29, 0.717) is 0 Å². The maximum Gasteiger partial charge on any atom is 0.244 e. The number of rotatable bonds is 5. The maximum absolute atomic E-state index is 12.1. The van der Waals surface area contributed by atoms with Crippen LogP contribution in [0.5, 0.6) is 0 Å². The molecule has 3 nitrogen and oxygen atoms in total. The molecular weight excluding hydrogens is 308 g/mol. The molecule has 0 radical (unpaired) electrons. The third-order valence-electron chi connectivity index (χ3n) is 3.93. The molecule has 1 heterocycles.